The number of benzene rings is 1. The van der Waals surface area contributed by atoms with Crippen LogP contribution in [0.2, 0.25) is 0 Å². The van der Waals surface area contributed by atoms with Crippen LogP contribution in [0.5, 0.6) is 0 Å². The number of aromatic nitrogens is 1. The van der Waals surface area contributed by atoms with Gasteiger partial charge in [0.05, 0.1) is 6.04 Å². The number of nitrogens with one attached hydrogen (secondary N) is 4. The number of rotatable bonds is 17. The molecule has 0 bridgehead atoms. The van der Waals surface area contributed by atoms with E-state index in [9.17, 15) is 29.1 Å². The summed E-state index contributed by atoms with van der Waals surface area (Å²) >= 11 is 3.92. The lowest BCUT2D eigenvalue weighted by molar-refractivity contribution is -0.141. The Morgan fingerprint density at radius 1 is 0.897 bits per heavy atom. The molecule has 10 N–H and O–H groups in total. The van der Waals surface area contributed by atoms with Gasteiger partial charge in [0.1, 0.15) is 18.1 Å². The number of carbonyl (C=O) groups is 5. The van der Waals surface area contributed by atoms with Crippen LogP contribution in [-0.2, 0) is 30.4 Å². The molecule has 0 spiro atoms. The molecule has 0 aliphatic rings. The van der Waals surface area contributed by atoms with Crippen LogP contribution < -0.4 is 27.4 Å². The maximum Gasteiger partial charge on any atom is 0.327 e. The third-order valence-electron chi connectivity index (χ3n) is 6.11. The summed E-state index contributed by atoms with van der Waals surface area (Å²) < 4.78 is 0. The molecule has 2 rings (SSSR count). The Bertz CT molecular complexity index is 1160. The zero-order chi connectivity index (χ0) is 28.9. The second-order valence-electron chi connectivity index (χ2n) is 9.09. The van der Waals surface area contributed by atoms with E-state index in [1.807, 2.05) is 24.3 Å². The van der Waals surface area contributed by atoms with Crippen LogP contribution in [0.25, 0.3) is 10.9 Å². The molecule has 39 heavy (non-hydrogen) atoms. The molecule has 0 aliphatic heterocycles. The molecule has 13 nitrogen and oxygen atoms in total. The van der Waals surface area contributed by atoms with E-state index in [0.717, 1.165) is 16.5 Å². The number of aliphatic carboxylic acids is 2. The van der Waals surface area contributed by atoms with Gasteiger partial charge in [-0.2, -0.15) is 12.6 Å². The summed E-state index contributed by atoms with van der Waals surface area (Å²) in [4.78, 5) is 64.5. The second-order valence-corrected chi connectivity index (χ2v) is 9.46. The molecule has 2 aromatic rings. The third kappa shape index (κ3) is 9.89. The van der Waals surface area contributed by atoms with E-state index in [2.05, 4.69) is 33.6 Å². The summed E-state index contributed by atoms with van der Waals surface area (Å²) in [6.45, 7) is 0.349. The molecule has 4 atom stereocenters. The van der Waals surface area contributed by atoms with Gasteiger partial charge in [-0.15, -0.1) is 0 Å². The van der Waals surface area contributed by atoms with Crippen LogP contribution in [0.4, 0.5) is 0 Å². The number of thiol groups is 1. The van der Waals surface area contributed by atoms with Crippen LogP contribution in [0.3, 0.4) is 0 Å². The van der Waals surface area contributed by atoms with E-state index in [4.69, 9.17) is 16.6 Å². The van der Waals surface area contributed by atoms with Gasteiger partial charge in [-0.3, -0.25) is 19.2 Å². The topological polar surface area (TPSA) is 230 Å². The number of carboxylic acids is 2. The highest BCUT2D eigenvalue weighted by Crippen LogP contribution is 2.19. The minimum absolute atomic E-state index is 0.146. The standard InChI is InChI=1S/C25H36N6O7S/c26-10-4-3-7-18(23(35)31-20(13-39)25(37)38)30-24(36)19(8-9-21(32)33)29-22(34)16(27)11-14-12-28-17-6-2-1-5-15(14)17/h1-2,5-6,12,16,18-20,28,39H,3-4,7-11,13,26-27H2,(H,29,34)(H,30,36)(H,31,35)(H,32,33)(H,37,38). The molecule has 1 aromatic heterocycles. The Labute approximate surface area is 230 Å². The summed E-state index contributed by atoms with van der Waals surface area (Å²) in [6, 6.07) is 2.72. The average Bonchev–Trinajstić information content (AvgIpc) is 3.31. The Hall–Kier alpha value is -3.62. The lowest BCUT2D eigenvalue weighted by Crippen LogP contribution is -2.57. The number of unbranched alkanes of at least 4 members (excludes halogenated alkanes) is 1. The fraction of sp³-hybridized carbons (Fsp3) is 0.480. The number of fused-ring (bicyclic) bond motifs is 1. The molecule has 0 fully saturated rings. The quantitative estimate of drug-likeness (QED) is 0.0889. The van der Waals surface area contributed by atoms with Gasteiger partial charge in [0.25, 0.3) is 0 Å². The van der Waals surface area contributed by atoms with Crippen molar-refractivity contribution in [1.82, 2.24) is 20.9 Å². The molecule has 0 radical (unpaired) electrons. The Morgan fingerprint density at radius 3 is 2.13 bits per heavy atom. The van der Waals surface area contributed by atoms with Crippen molar-refractivity contribution in [2.24, 2.45) is 11.5 Å². The van der Waals surface area contributed by atoms with Crippen molar-refractivity contribution in [1.29, 1.82) is 0 Å². The number of para-hydroxylation sites is 1. The van der Waals surface area contributed by atoms with E-state index in [-0.39, 0.29) is 25.0 Å². The number of hydrogen-bond acceptors (Lipinski definition) is 8. The number of amides is 3. The van der Waals surface area contributed by atoms with Crippen LogP contribution in [0.15, 0.2) is 30.5 Å². The average molecular weight is 565 g/mol. The molecule has 214 valence electrons. The number of H-pyrrole nitrogens is 1. The van der Waals surface area contributed by atoms with Crippen molar-refractivity contribution < 1.29 is 34.2 Å². The summed E-state index contributed by atoms with van der Waals surface area (Å²) in [6.07, 6.45) is 2.37. The normalized spacial score (nSPS) is 14.1. The Balaban J connectivity index is 2.14. The SMILES string of the molecule is NCCCCC(NC(=O)C(CCC(=O)O)NC(=O)C(N)Cc1c[nH]c2ccccc12)C(=O)NC(CS)C(=O)O. The van der Waals surface area contributed by atoms with Crippen LogP contribution in [-0.4, -0.2) is 81.3 Å². The van der Waals surface area contributed by atoms with Crippen LogP contribution >= 0.6 is 12.6 Å². The van der Waals surface area contributed by atoms with E-state index < -0.39 is 60.2 Å². The van der Waals surface area contributed by atoms with Crippen molar-refractivity contribution >= 4 is 53.2 Å². The highest BCUT2D eigenvalue weighted by Gasteiger charge is 2.30. The van der Waals surface area contributed by atoms with E-state index in [1.54, 1.807) is 6.20 Å². The van der Waals surface area contributed by atoms with Gasteiger partial charge in [0.15, 0.2) is 0 Å². The van der Waals surface area contributed by atoms with Gasteiger partial charge >= 0.3 is 11.9 Å². The predicted molar refractivity (Wildman–Crippen MR) is 147 cm³/mol. The third-order valence-corrected chi connectivity index (χ3v) is 6.47. The van der Waals surface area contributed by atoms with E-state index in [0.29, 0.717) is 19.4 Å². The summed E-state index contributed by atoms with van der Waals surface area (Å²) in [5, 5.41) is 26.6. The van der Waals surface area contributed by atoms with Gasteiger partial charge in [-0.25, -0.2) is 4.79 Å². The van der Waals surface area contributed by atoms with Gasteiger partial charge < -0.3 is 42.6 Å². The largest absolute Gasteiger partial charge is 0.481 e. The number of carboxylic acid groups (broad SMARTS) is 2. The van der Waals surface area contributed by atoms with Crippen LogP contribution in [0.1, 0.15) is 37.7 Å². The molecular weight excluding hydrogens is 528 g/mol. The summed E-state index contributed by atoms with van der Waals surface area (Å²) in [5.41, 5.74) is 13.3. The molecule has 0 aliphatic carbocycles. The fourth-order valence-electron chi connectivity index (χ4n) is 3.94. The molecule has 1 aromatic carbocycles. The lowest BCUT2D eigenvalue weighted by atomic mass is 10.0. The number of nitrogens with two attached hydrogens (primary N) is 2. The predicted octanol–water partition coefficient (Wildman–Crippen LogP) is -0.500. The van der Waals surface area contributed by atoms with Crippen LogP contribution in [0, 0.1) is 0 Å². The number of aromatic amines is 1. The van der Waals surface area contributed by atoms with Gasteiger partial charge in [-0.1, -0.05) is 18.2 Å². The highest BCUT2D eigenvalue weighted by atomic mass is 32.1. The highest BCUT2D eigenvalue weighted by molar-refractivity contribution is 7.80. The molecule has 4 unspecified atom stereocenters. The van der Waals surface area contributed by atoms with Crippen molar-refractivity contribution in [3.05, 3.63) is 36.0 Å². The zero-order valence-electron chi connectivity index (χ0n) is 21.4. The molecule has 0 saturated carbocycles. The lowest BCUT2D eigenvalue weighted by Gasteiger charge is -2.25. The maximum atomic E-state index is 13.1. The first-order valence-corrected chi connectivity index (χ1v) is 13.2. The van der Waals surface area contributed by atoms with Crippen molar-refractivity contribution in [2.45, 2.75) is 62.7 Å². The Kier molecular flexibility index (Phi) is 12.7. The molecule has 3 amide bonds. The monoisotopic (exact) mass is 564 g/mol. The summed E-state index contributed by atoms with van der Waals surface area (Å²) in [5.74, 6) is -4.86. The van der Waals surface area contributed by atoms with Gasteiger partial charge in [0.2, 0.25) is 17.7 Å². The first-order chi connectivity index (χ1) is 18.6. The van der Waals surface area contributed by atoms with E-state index >= 15 is 0 Å². The minimum Gasteiger partial charge on any atom is -0.481 e. The fourth-order valence-corrected chi connectivity index (χ4v) is 4.18. The molecule has 0 saturated heterocycles. The zero-order valence-corrected chi connectivity index (χ0v) is 22.3. The maximum absolute atomic E-state index is 13.1. The Morgan fingerprint density at radius 2 is 1.51 bits per heavy atom. The molecule has 14 heteroatoms. The second kappa shape index (κ2) is 15.7. The van der Waals surface area contributed by atoms with Crippen molar-refractivity contribution in [2.75, 3.05) is 12.3 Å². The van der Waals surface area contributed by atoms with Crippen molar-refractivity contribution in [3.8, 4) is 0 Å². The summed E-state index contributed by atoms with van der Waals surface area (Å²) in [7, 11) is 0. The van der Waals surface area contributed by atoms with E-state index in [1.165, 1.54) is 0 Å². The minimum atomic E-state index is -1.30. The molecular formula is C25H36N6O7S. The number of carbonyl (C=O) groups excluding carboxylic acids is 3. The first kappa shape index (κ1) is 31.6. The van der Waals surface area contributed by atoms with Crippen molar-refractivity contribution in [3.63, 3.8) is 0 Å². The smallest absolute Gasteiger partial charge is 0.327 e. The number of hydrogen-bond donors (Lipinski definition) is 9. The van der Waals surface area contributed by atoms with Gasteiger partial charge in [-0.05, 0) is 50.3 Å². The first-order valence-electron chi connectivity index (χ1n) is 12.5. The van der Waals surface area contributed by atoms with Gasteiger partial charge in [0, 0.05) is 29.3 Å². The molecule has 1 heterocycles.